The minimum atomic E-state index is -0.536. The summed E-state index contributed by atoms with van der Waals surface area (Å²) in [5.74, 6) is -0.0989. The van der Waals surface area contributed by atoms with Gasteiger partial charge in [-0.3, -0.25) is 4.79 Å². The van der Waals surface area contributed by atoms with Gasteiger partial charge in [-0.05, 0) is 24.2 Å². The normalized spacial score (nSPS) is 24.1. The van der Waals surface area contributed by atoms with E-state index in [0.717, 1.165) is 6.42 Å². The Balaban J connectivity index is 2.70. The van der Waals surface area contributed by atoms with E-state index in [0.29, 0.717) is 6.42 Å². The van der Waals surface area contributed by atoms with Gasteiger partial charge in [-0.25, -0.2) is 9.69 Å². The molecule has 0 aliphatic carbocycles. The first kappa shape index (κ1) is 18.9. The van der Waals surface area contributed by atoms with Crippen molar-refractivity contribution < 1.29 is 19.4 Å². The van der Waals surface area contributed by atoms with Crippen LogP contribution in [0.1, 0.15) is 54.4 Å². The second-order valence-electron chi connectivity index (χ2n) is 7.09. The summed E-state index contributed by atoms with van der Waals surface area (Å²) in [5.41, 5.74) is 0. The Labute approximate surface area is 134 Å². The van der Waals surface area contributed by atoms with Gasteiger partial charge < -0.3 is 9.84 Å². The van der Waals surface area contributed by atoms with E-state index in [9.17, 15) is 14.7 Å². The average molecular weight is 313 g/mol. The van der Waals surface area contributed by atoms with E-state index < -0.39 is 12.2 Å². The van der Waals surface area contributed by atoms with E-state index in [-0.39, 0.29) is 42.2 Å². The highest BCUT2D eigenvalue weighted by atomic mass is 16.6. The Morgan fingerprint density at radius 3 is 2.36 bits per heavy atom. The van der Waals surface area contributed by atoms with Gasteiger partial charge in [0.1, 0.15) is 6.61 Å². The van der Waals surface area contributed by atoms with Crippen molar-refractivity contribution in [3.05, 3.63) is 0 Å². The molecule has 0 spiro atoms. The van der Waals surface area contributed by atoms with E-state index in [1.165, 1.54) is 4.90 Å². The molecule has 0 aromatic heterocycles. The molecule has 0 aromatic carbocycles. The van der Waals surface area contributed by atoms with Crippen LogP contribution in [-0.4, -0.2) is 40.8 Å². The molecule has 5 nitrogen and oxygen atoms in total. The molecule has 1 saturated heterocycles. The van der Waals surface area contributed by atoms with Crippen molar-refractivity contribution in [2.75, 3.05) is 6.61 Å². The minimum absolute atomic E-state index is 0.0185. The van der Waals surface area contributed by atoms with E-state index in [4.69, 9.17) is 4.74 Å². The third-order valence-electron chi connectivity index (χ3n) is 4.87. The first-order valence-electron chi connectivity index (χ1n) is 8.38. The van der Waals surface area contributed by atoms with Gasteiger partial charge in [0.2, 0.25) is 5.91 Å². The molecular weight excluding hydrogens is 282 g/mol. The molecule has 4 unspecified atom stereocenters. The van der Waals surface area contributed by atoms with E-state index >= 15 is 0 Å². The minimum Gasteiger partial charge on any atom is -0.447 e. The smallest absolute Gasteiger partial charge is 0.416 e. The molecule has 1 aliphatic heterocycles. The molecule has 0 saturated carbocycles. The SMILES string of the molecule is CCC(C)C(O)C(C)CC(C)C(=O)N1C(=O)OC[C@H]1C(C)C. The Morgan fingerprint density at radius 1 is 1.27 bits per heavy atom. The maximum absolute atomic E-state index is 12.6. The van der Waals surface area contributed by atoms with Crippen molar-refractivity contribution in [3.8, 4) is 0 Å². The number of carbonyl (C=O) groups excluding carboxylic acids is 2. The van der Waals surface area contributed by atoms with E-state index in [1.807, 2.05) is 41.5 Å². The van der Waals surface area contributed by atoms with Gasteiger partial charge >= 0.3 is 6.09 Å². The van der Waals surface area contributed by atoms with Crippen LogP contribution in [0.2, 0.25) is 0 Å². The van der Waals surface area contributed by atoms with Gasteiger partial charge in [0.05, 0.1) is 12.1 Å². The van der Waals surface area contributed by atoms with Gasteiger partial charge in [-0.2, -0.15) is 0 Å². The van der Waals surface area contributed by atoms with Gasteiger partial charge in [0, 0.05) is 5.92 Å². The molecule has 5 atom stereocenters. The molecule has 22 heavy (non-hydrogen) atoms. The van der Waals surface area contributed by atoms with Gasteiger partial charge in [0.25, 0.3) is 0 Å². The molecule has 1 aliphatic rings. The summed E-state index contributed by atoms with van der Waals surface area (Å²) < 4.78 is 5.04. The molecule has 1 heterocycles. The number of amides is 2. The fraction of sp³-hybridized carbons (Fsp3) is 0.882. The van der Waals surface area contributed by atoms with Crippen LogP contribution >= 0.6 is 0 Å². The topological polar surface area (TPSA) is 66.8 Å². The summed E-state index contributed by atoms with van der Waals surface area (Å²) in [4.78, 5) is 25.7. The first-order chi connectivity index (χ1) is 10.2. The molecule has 128 valence electrons. The van der Waals surface area contributed by atoms with Crippen LogP contribution in [0.3, 0.4) is 0 Å². The summed E-state index contributed by atoms with van der Waals surface area (Å²) >= 11 is 0. The lowest BCUT2D eigenvalue weighted by molar-refractivity contribution is -0.134. The van der Waals surface area contributed by atoms with Crippen LogP contribution in [-0.2, 0) is 9.53 Å². The third-order valence-corrected chi connectivity index (χ3v) is 4.87. The number of aliphatic hydroxyl groups is 1. The molecule has 2 amide bonds. The van der Waals surface area contributed by atoms with Crippen molar-refractivity contribution in [1.82, 2.24) is 4.90 Å². The Bertz CT molecular complexity index is 396. The van der Waals surface area contributed by atoms with Crippen LogP contribution in [0.4, 0.5) is 4.79 Å². The molecule has 0 radical (unpaired) electrons. The summed E-state index contributed by atoms with van der Waals surface area (Å²) in [5, 5.41) is 10.3. The van der Waals surface area contributed by atoms with Crippen molar-refractivity contribution in [2.45, 2.75) is 66.5 Å². The third kappa shape index (κ3) is 4.22. The first-order valence-corrected chi connectivity index (χ1v) is 8.38. The second-order valence-corrected chi connectivity index (χ2v) is 7.09. The second kappa shape index (κ2) is 7.95. The number of rotatable bonds is 7. The molecule has 5 heteroatoms. The number of imide groups is 1. The highest BCUT2D eigenvalue weighted by molar-refractivity contribution is 5.94. The van der Waals surface area contributed by atoms with Crippen molar-refractivity contribution in [3.63, 3.8) is 0 Å². The monoisotopic (exact) mass is 313 g/mol. The summed E-state index contributed by atoms with van der Waals surface area (Å²) in [6, 6.07) is -0.183. The Hall–Kier alpha value is -1.10. The molecule has 0 aromatic rings. The maximum atomic E-state index is 12.6. The van der Waals surface area contributed by atoms with Crippen LogP contribution in [0.5, 0.6) is 0 Å². The lowest BCUT2D eigenvalue weighted by atomic mass is 9.85. The number of nitrogens with zero attached hydrogens (tertiary/aromatic N) is 1. The fourth-order valence-electron chi connectivity index (χ4n) is 3.02. The lowest BCUT2D eigenvalue weighted by Crippen LogP contribution is -2.45. The molecule has 0 bridgehead atoms. The van der Waals surface area contributed by atoms with Crippen LogP contribution in [0.15, 0.2) is 0 Å². The quantitative estimate of drug-likeness (QED) is 0.784. The highest BCUT2D eigenvalue weighted by Gasteiger charge is 2.41. The maximum Gasteiger partial charge on any atom is 0.416 e. The largest absolute Gasteiger partial charge is 0.447 e. The summed E-state index contributed by atoms with van der Waals surface area (Å²) in [6.07, 6.45) is 0.512. The standard InChI is InChI=1S/C17H31NO4/c1-7-11(4)15(19)12(5)8-13(6)16(20)18-14(10(2)3)9-22-17(18)21/h10-15,19H,7-9H2,1-6H3/t11?,12?,13?,14-,15?/m0/s1. The molecular formula is C17H31NO4. The predicted octanol–water partition coefficient (Wildman–Crippen LogP) is 3.06. The molecule has 1 N–H and O–H groups in total. The number of cyclic esters (lactones) is 1. The van der Waals surface area contributed by atoms with Crippen molar-refractivity contribution >= 4 is 12.0 Å². The fourth-order valence-corrected chi connectivity index (χ4v) is 3.02. The van der Waals surface area contributed by atoms with Crippen LogP contribution in [0.25, 0.3) is 0 Å². The Kier molecular flexibility index (Phi) is 6.85. The predicted molar refractivity (Wildman–Crippen MR) is 85.2 cm³/mol. The molecule has 1 fully saturated rings. The van der Waals surface area contributed by atoms with Crippen LogP contribution < -0.4 is 0 Å². The number of carbonyl (C=O) groups is 2. The zero-order valence-electron chi connectivity index (χ0n) is 14.7. The van der Waals surface area contributed by atoms with Gasteiger partial charge in [-0.1, -0.05) is 48.0 Å². The number of hydrogen-bond donors (Lipinski definition) is 1. The summed E-state index contributed by atoms with van der Waals surface area (Å²) in [6.45, 7) is 12.1. The van der Waals surface area contributed by atoms with Crippen molar-refractivity contribution in [2.24, 2.45) is 23.7 Å². The number of hydrogen-bond acceptors (Lipinski definition) is 4. The highest BCUT2D eigenvalue weighted by Crippen LogP contribution is 2.27. The zero-order valence-corrected chi connectivity index (χ0v) is 14.7. The summed E-state index contributed by atoms with van der Waals surface area (Å²) in [7, 11) is 0. The lowest BCUT2D eigenvalue weighted by Gasteiger charge is -2.29. The Morgan fingerprint density at radius 2 is 1.86 bits per heavy atom. The number of aliphatic hydroxyl groups excluding tert-OH is 1. The van der Waals surface area contributed by atoms with Crippen LogP contribution in [0, 0.1) is 23.7 Å². The zero-order chi connectivity index (χ0) is 17.0. The van der Waals surface area contributed by atoms with Gasteiger partial charge in [-0.15, -0.1) is 0 Å². The van der Waals surface area contributed by atoms with Crippen molar-refractivity contribution in [1.29, 1.82) is 0 Å². The number of ether oxygens (including phenoxy) is 1. The molecule has 1 rings (SSSR count). The van der Waals surface area contributed by atoms with Gasteiger partial charge in [0.15, 0.2) is 0 Å². The average Bonchev–Trinajstić information content (AvgIpc) is 2.86. The van der Waals surface area contributed by atoms with E-state index in [2.05, 4.69) is 0 Å². The van der Waals surface area contributed by atoms with E-state index in [1.54, 1.807) is 0 Å².